The predicted octanol–water partition coefficient (Wildman–Crippen LogP) is 1.68. The number of morpholine rings is 1. The Morgan fingerprint density at radius 3 is 2.62 bits per heavy atom. The summed E-state index contributed by atoms with van der Waals surface area (Å²) in [4.78, 5) is 5.89. The first-order valence-electron chi connectivity index (χ1n) is 8.54. The minimum Gasteiger partial charge on any atom is -0.379 e. The number of ether oxygens (including phenoxy) is 1. The highest BCUT2D eigenvalue weighted by Crippen LogP contribution is 2.21. The van der Waals surface area contributed by atoms with Crippen molar-refractivity contribution >= 4 is 15.8 Å². The summed E-state index contributed by atoms with van der Waals surface area (Å²) in [5.74, 6) is 0. The fourth-order valence-corrected chi connectivity index (χ4v) is 3.68. The summed E-state index contributed by atoms with van der Waals surface area (Å²) in [6, 6.07) is 11.6. The zero-order chi connectivity index (χ0) is 18.4. The van der Waals surface area contributed by atoms with Crippen LogP contribution in [0.15, 0.2) is 53.7 Å². The van der Waals surface area contributed by atoms with E-state index >= 15 is 0 Å². The van der Waals surface area contributed by atoms with Crippen LogP contribution in [0.1, 0.15) is 5.56 Å². The third-order valence-electron chi connectivity index (χ3n) is 4.33. The molecule has 3 rings (SSSR count). The lowest BCUT2D eigenvalue weighted by atomic mass is 10.0. The molecule has 1 aromatic heterocycles. The van der Waals surface area contributed by atoms with Crippen molar-refractivity contribution in [1.82, 2.24) is 9.88 Å². The number of pyridine rings is 1. The highest BCUT2D eigenvalue weighted by Gasteiger charge is 2.21. The van der Waals surface area contributed by atoms with Crippen molar-refractivity contribution in [2.24, 2.45) is 0 Å². The normalized spacial score (nSPS) is 17.0. The van der Waals surface area contributed by atoms with E-state index < -0.39 is 10.1 Å². The van der Waals surface area contributed by atoms with Crippen molar-refractivity contribution in [3.05, 3.63) is 54.4 Å². The van der Waals surface area contributed by atoms with Crippen LogP contribution in [0.5, 0.6) is 0 Å². The standard InChI is InChI=1S/C18H23N3O4S/c22-26(23,24)18-13-19-7-6-17(18)20-16(12-15-4-2-1-3-5-15)14-21-8-10-25-11-9-21/h1-7,13,16H,8-12,14H2,(H,19,20)(H,22,23,24). The van der Waals surface area contributed by atoms with Gasteiger partial charge in [-0.05, 0) is 18.1 Å². The van der Waals surface area contributed by atoms with Gasteiger partial charge in [-0.15, -0.1) is 0 Å². The third kappa shape index (κ3) is 5.25. The van der Waals surface area contributed by atoms with E-state index in [0.29, 0.717) is 18.9 Å². The number of hydrogen-bond donors (Lipinski definition) is 2. The first-order valence-corrected chi connectivity index (χ1v) is 9.98. The number of nitrogens with one attached hydrogen (secondary N) is 1. The molecule has 1 atom stereocenters. The van der Waals surface area contributed by atoms with Crippen LogP contribution >= 0.6 is 0 Å². The summed E-state index contributed by atoms with van der Waals surface area (Å²) in [6.07, 6.45) is 3.39. The van der Waals surface area contributed by atoms with Gasteiger partial charge in [0.25, 0.3) is 10.1 Å². The highest BCUT2D eigenvalue weighted by molar-refractivity contribution is 7.86. The van der Waals surface area contributed by atoms with Crippen LogP contribution in [0.2, 0.25) is 0 Å². The molecule has 7 nitrogen and oxygen atoms in total. The molecule has 1 unspecified atom stereocenters. The molecule has 0 spiro atoms. The molecule has 0 aliphatic carbocycles. The van der Waals surface area contributed by atoms with Crippen molar-refractivity contribution in [2.75, 3.05) is 38.2 Å². The molecule has 26 heavy (non-hydrogen) atoms. The van der Waals surface area contributed by atoms with Gasteiger partial charge in [0, 0.05) is 31.9 Å². The maximum atomic E-state index is 11.6. The van der Waals surface area contributed by atoms with E-state index in [9.17, 15) is 13.0 Å². The van der Waals surface area contributed by atoms with Crippen molar-refractivity contribution in [3.63, 3.8) is 0 Å². The van der Waals surface area contributed by atoms with Gasteiger partial charge in [0.05, 0.1) is 25.1 Å². The van der Waals surface area contributed by atoms with Crippen LogP contribution in [0.3, 0.4) is 0 Å². The summed E-state index contributed by atoms with van der Waals surface area (Å²) >= 11 is 0. The Bertz CT molecular complexity index is 808. The summed E-state index contributed by atoms with van der Waals surface area (Å²) in [5, 5.41) is 3.29. The van der Waals surface area contributed by atoms with Gasteiger partial charge in [-0.3, -0.25) is 14.4 Å². The lowest BCUT2D eigenvalue weighted by Crippen LogP contribution is -2.44. The van der Waals surface area contributed by atoms with Gasteiger partial charge in [0.1, 0.15) is 4.90 Å². The Labute approximate surface area is 153 Å². The van der Waals surface area contributed by atoms with Crippen molar-refractivity contribution in [1.29, 1.82) is 0 Å². The maximum Gasteiger partial charge on any atom is 0.298 e. The van der Waals surface area contributed by atoms with Gasteiger partial charge in [-0.1, -0.05) is 30.3 Å². The van der Waals surface area contributed by atoms with E-state index in [4.69, 9.17) is 4.74 Å². The lowest BCUT2D eigenvalue weighted by Gasteiger charge is -2.31. The van der Waals surface area contributed by atoms with Gasteiger partial charge in [-0.2, -0.15) is 8.42 Å². The second-order valence-electron chi connectivity index (χ2n) is 6.29. The maximum absolute atomic E-state index is 11.6. The van der Waals surface area contributed by atoms with E-state index in [1.54, 1.807) is 6.07 Å². The minimum absolute atomic E-state index is 0.0293. The lowest BCUT2D eigenvalue weighted by molar-refractivity contribution is 0.0361. The van der Waals surface area contributed by atoms with Gasteiger partial charge in [0.2, 0.25) is 0 Å². The van der Waals surface area contributed by atoms with E-state index in [1.165, 1.54) is 6.20 Å². The predicted molar refractivity (Wildman–Crippen MR) is 98.9 cm³/mol. The average Bonchev–Trinajstić information content (AvgIpc) is 2.63. The second kappa shape index (κ2) is 8.59. The molecule has 8 heteroatoms. The SMILES string of the molecule is O=S(=O)(O)c1cnccc1NC(Cc1ccccc1)CN1CCOCC1. The Morgan fingerprint density at radius 2 is 1.92 bits per heavy atom. The van der Waals surface area contributed by atoms with E-state index in [0.717, 1.165) is 37.8 Å². The molecule has 2 N–H and O–H groups in total. The van der Waals surface area contributed by atoms with Gasteiger partial charge < -0.3 is 10.1 Å². The Balaban J connectivity index is 1.81. The monoisotopic (exact) mass is 377 g/mol. The Kier molecular flexibility index (Phi) is 6.20. The topological polar surface area (TPSA) is 91.8 Å². The molecule has 1 fully saturated rings. The number of benzene rings is 1. The number of aromatic nitrogens is 1. The zero-order valence-electron chi connectivity index (χ0n) is 14.4. The van der Waals surface area contributed by atoms with Crippen molar-refractivity contribution in [3.8, 4) is 0 Å². The van der Waals surface area contributed by atoms with E-state index in [-0.39, 0.29) is 10.9 Å². The largest absolute Gasteiger partial charge is 0.379 e. The van der Waals surface area contributed by atoms with Gasteiger partial charge in [0.15, 0.2) is 0 Å². The fourth-order valence-electron chi connectivity index (χ4n) is 3.08. The summed E-state index contributed by atoms with van der Waals surface area (Å²) in [5.41, 5.74) is 1.51. The Morgan fingerprint density at radius 1 is 1.19 bits per heavy atom. The zero-order valence-corrected chi connectivity index (χ0v) is 15.2. The second-order valence-corrected chi connectivity index (χ2v) is 7.68. The third-order valence-corrected chi connectivity index (χ3v) is 5.21. The number of nitrogens with zero attached hydrogens (tertiary/aromatic N) is 2. The van der Waals surface area contributed by atoms with Crippen LogP contribution < -0.4 is 5.32 Å². The summed E-state index contributed by atoms with van der Waals surface area (Å²) in [6.45, 7) is 3.82. The van der Waals surface area contributed by atoms with Crippen molar-refractivity contribution < 1.29 is 17.7 Å². The molecule has 0 saturated carbocycles. The summed E-state index contributed by atoms with van der Waals surface area (Å²) in [7, 11) is -4.34. The quantitative estimate of drug-likeness (QED) is 0.709. The molecule has 0 radical (unpaired) electrons. The molecular weight excluding hydrogens is 354 g/mol. The smallest absolute Gasteiger partial charge is 0.298 e. The van der Waals surface area contributed by atoms with Crippen LogP contribution in [0.4, 0.5) is 5.69 Å². The molecule has 1 aliphatic heterocycles. The average molecular weight is 377 g/mol. The minimum atomic E-state index is -4.34. The molecule has 0 bridgehead atoms. The molecule has 2 heterocycles. The Hall–Kier alpha value is -2.00. The van der Waals surface area contributed by atoms with Crippen LogP contribution in [0.25, 0.3) is 0 Å². The molecule has 140 valence electrons. The molecule has 2 aromatic rings. The summed E-state index contributed by atoms with van der Waals surface area (Å²) < 4.78 is 38.1. The fraction of sp³-hybridized carbons (Fsp3) is 0.389. The van der Waals surface area contributed by atoms with E-state index in [1.807, 2.05) is 30.3 Å². The van der Waals surface area contributed by atoms with E-state index in [2.05, 4.69) is 15.2 Å². The first kappa shape index (κ1) is 18.8. The molecule has 1 aliphatic rings. The van der Waals surface area contributed by atoms with Crippen molar-refractivity contribution in [2.45, 2.75) is 17.4 Å². The van der Waals surface area contributed by atoms with Gasteiger partial charge in [-0.25, -0.2) is 0 Å². The molecule has 1 aromatic carbocycles. The van der Waals surface area contributed by atoms with Crippen LogP contribution in [0, 0.1) is 0 Å². The molecule has 1 saturated heterocycles. The number of rotatable bonds is 7. The van der Waals surface area contributed by atoms with Crippen LogP contribution in [-0.4, -0.2) is 61.7 Å². The molecule has 0 amide bonds. The highest BCUT2D eigenvalue weighted by atomic mass is 32.2. The van der Waals surface area contributed by atoms with Gasteiger partial charge >= 0.3 is 0 Å². The number of hydrogen-bond acceptors (Lipinski definition) is 6. The number of anilines is 1. The first-order chi connectivity index (χ1) is 12.5. The molecular formula is C18H23N3O4S. The van der Waals surface area contributed by atoms with Crippen LogP contribution in [-0.2, 0) is 21.3 Å².